The van der Waals surface area contributed by atoms with Gasteiger partial charge < -0.3 is 10.2 Å². The second-order valence-electron chi connectivity index (χ2n) is 5.72. The summed E-state index contributed by atoms with van der Waals surface area (Å²) >= 11 is 3.28. The molecule has 1 aromatic carbocycles. The molecule has 1 amide bonds. The summed E-state index contributed by atoms with van der Waals surface area (Å²) in [7, 11) is -3.46. The second kappa shape index (κ2) is 7.10. The van der Waals surface area contributed by atoms with E-state index in [2.05, 4.69) is 21.2 Å². The van der Waals surface area contributed by atoms with Crippen LogP contribution in [0, 0.1) is 5.92 Å². The Kier molecular flexibility index (Phi) is 5.63. The van der Waals surface area contributed by atoms with Crippen molar-refractivity contribution >= 4 is 31.7 Å². The van der Waals surface area contributed by atoms with Crippen molar-refractivity contribution in [1.29, 1.82) is 0 Å². The van der Waals surface area contributed by atoms with E-state index >= 15 is 0 Å². The summed E-state index contributed by atoms with van der Waals surface area (Å²) in [6.45, 7) is 5.79. The fraction of sp³-hybridized carbons (Fsp3) is 0.533. The molecule has 0 saturated carbocycles. The first-order valence-electron chi connectivity index (χ1n) is 7.31. The van der Waals surface area contributed by atoms with Gasteiger partial charge in [-0.15, -0.1) is 0 Å². The van der Waals surface area contributed by atoms with Gasteiger partial charge in [-0.3, -0.25) is 4.79 Å². The number of halogens is 1. The van der Waals surface area contributed by atoms with Gasteiger partial charge in [-0.2, -0.15) is 0 Å². The molecule has 0 bridgehead atoms. The van der Waals surface area contributed by atoms with Gasteiger partial charge >= 0.3 is 0 Å². The topological polar surface area (TPSA) is 66.5 Å². The van der Waals surface area contributed by atoms with Crippen LogP contribution in [0.2, 0.25) is 0 Å². The maximum atomic E-state index is 12.5. The molecule has 1 aliphatic heterocycles. The molecule has 1 heterocycles. The Balaban J connectivity index is 2.08. The van der Waals surface area contributed by atoms with E-state index in [1.54, 1.807) is 36.1 Å². The fourth-order valence-electron chi connectivity index (χ4n) is 2.59. The van der Waals surface area contributed by atoms with Crippen LogP contribution >= 0.6 is 15.9 Å². The van der Waals surface area contributed by atoms with Gasteiger partial charge in [0.05, 0.1) is 10.6 Å². The number of sulfone groups is 1. The lowest BCUT2D eigenvalue weighted by Crippen LogP contribution is -2.54. The van der Waals surface area contributed by atoms with Crippen molar-refractivity contribution in [1.82, 2.24) is 10.2 Å². The van der Waals surface area contributed by atoms with Crippen LogP contribution in [0.3, 0.4) is 0 Å². The lowest BCUT2D eigenvalue weighted by atomic mass is 10.1. The van der Waals surface area contributed by atoms with Crippen molar-refractivity contribution in [3.05, 3.63) is 28.7 Å². The number of carbonyl (C=O) groups excluding carboxylic acids is 1. The minimum Gasteiger partial charge on any atom is -0.337 e. The molecule has 0 aromatic heterocycles. The van der Waals surface area contributed by atoms with Crippen LogP contribution < -0.4 is 5.32 Å². The van der Waals surface area contributed by atoms with Crippen molar-refractivity contribution in [3.63, 3.8) is 0 Å². The van der Waals surface area contributed by atoms with Crippen molar-refractivity contribution in [3.8, 4) is 0 Å². The molecular formula is C15H21BrN2O3S. The smallest absolute Gasteiger partial charge is 0.226 e. The van der Waals surface area contributed by atoms with Crippen molar-refractivity contribution in [2.45, 2.75) is 24.8 Å². The molecule has 22 heavy (non-hydrogen) atoms. The highest BCUT2D eigenvalue weighted by Crippen LogP contribution is 2.19. The fourth-order valence-corrected chi connectivity index (χ4v) is 4.40. The first-order valence-corrected chi connectivity index (χ1v) is 9.75. The third-order valence-electron chi connectivity index (χ3n) is 3.85. The van der Waals surface area contributed by atoms with Gasteiger partial charge in [-0.1, -0.05) is 22.9 Å². The highest BCUT2D eigenvalue weighted by molar-refractivity contribution is 9.10. The van der Waals surface area contributed by atoms with Crippen LogP contribution in [0.1, 0.15) is 13.8 Å². The largest absolute Gasteiger partial charge is 0.337 e. The van der Waals surface area contributed by atoms with Gasteiger partial charge in [0.15, 0.2) is 9.84 Å². The Morgan fingerprint density at radius 2 is 2.05 bits per heavy atom. The zero-order valence-electron chi connectivity index (χ0n) is 12.8. The molecule has 1 aliphatic rings. The summed E-state index contributed by atoms with van der Waals surface area (Å²) in [5.74, 6) is -0.798. The van der Waals surface area contributed by atoms with Crippen molar-refractivity contribution in [2.75, 3.05) is 25.4 Å². The van der Waals surface area contributed by atoms with Crippen molar-refractivity contribution < 1.29 is 13.2 Å². The van der Waals surface area contributed by atoms with E-state index in [9.17, 15) is 13.2 Å². The first-order chi connectivity index (χ1) is 10.3. The predicted molar refractivity (Wildman–Crippen MR) is 89.4 cm³/mol. The normalized spacial score (nSPS) is 20.7. The first kappa shape index (κ1) is 17.4. The summed E-state index contributed by atoms with van der Waals surface area (Å²) < 4.78 is 25.7. The quantitative estimate of drug-likeness (QED) is 0.851. The van der Waals surface area contributed by atoms with Crippen LogP contribution in [0.25, 0.3) is 0 Å². The Bertz CT molecular complexity index is 631. The molecule has 0 aliphatic carbocycles. The maximum Gasteiger partial charge on any atom is 0.226 e. The molecule has 2 unspecified atom stereocenters. The van der Waals surface area contributed by atoms with E-state index in [1.165, 1.54) is 0 Å². The number of hydrogen-bond donors (Lipinski definition) is 1. The van der Waals surface area contributed by atoms with Crippen LogP contribution in [-0.2, 0) is 14.6 Å². The predicted octanol–water partition coefficient (Wildman–Crippen LogP) is 1.68. The number of benzene rings is 1. The number of hydrogen-bond acceptors (Lipinski definition) is 4. The highest BCUT2D eigenvalue weighted by Gasteiger charge is 2.30. The van der Waals surface area contributed by atoms with Gasteiger partial charge in [-0.05, 0) is 31.2 Å². The Morgan fingerprint density at radius 1 is 1.41 bits per heavy atom. The van der Waals surface area contributed by atoms with E-state index < -0.39 is 15.8 Å². The van der Waals surface area contributed by atoms with Crippen LogP contribution in [0.15, 0.2) is 33.6 Å². The molecule has 7 heteroatoms. The van der Waals surface area contributed by atoms with E-state index in [0.29, 0.717) is 6.54 Å². The lowest BCUT2D eigenvalue weighted by molar-refractivity contribution is -0.137. The van der Waals surface area contributed by atoms with Crippen molar-refractivity contribution in [2.24, 2.45) is 5.92 Å². The summed E-state index contributed by atoms with van der Waals surface area (Å²) in [5.41, 5.74) is 0. The molecule has 0 radical (unpaired) electrons. The lowest BCUT2D eigenvalue weighted by Gasteiger charge is -2.35. The molecule has 5 nitrogen and oxygen atoms in total. The number of rotatable bonds is 4. The molecule has 2 rings (SSSR count). The van der Waals surface area contributed by atoms with E-state index in [1.807, 2.05) is 6.92 Å². The second-order valence-corrected chi connectivity index (χ2v) is 8.67. The van der Waals surface area contributed by atoms with E-state index in [4.69, 9.17) is 0 Å². The van der Waals surface area contributed by atoms with Gasteiger partial charge in [0.25, 0.3) is 0 Å². The average molecular weight is 389 g/mol. The van der Waals surface area contributed by atoms with Gasteiger partial charge in [0.1, 0.15) is 0 Å². The Labute approximate surface area is 140 Å². The molecule has 1 aromatic rings. The maximum absolute atomic E-state index is 12.5. The van der Waals surface area contributed by atoms with E-state index in [-0.39, 0.29) is 22.6 Å². The van der Waals surface area contributed by atoms with Crippen LogP contribution in [0.4, 0.5) is 0 Å². The SMILES string of the molecule is CC(CS(=O)(=O)c1ccc(Br)cc1)C(=O)N1CCNCC1C. The molecular weight excluding hydrogens is 368 g/mol. The molecule has 0 spiro atoms. The standard InChI is InChI=1S/C15H21BrN2O3S/c1-11(15(19)18-8-7-17-9-12(18)2)10-22(20,21)14-5-3-13(16)4-6-14/h3-6,11-12,17H,7-10H2,1-2H3. The summed E-state index contributed by atoms with van der Waals surface area (Å²) in [4.78, 5) is 14.5. The third kappa shape index (κ3) is 4.08. The zero-order chi connectivity index (χ0) is 16.3. The molecule has 1 saturated heterocycles. The van der Waals surface area contributed by atoms with Gasteiger partial charge in [-0.25, -0.2) is 8.42 Å². The molecule has 1 fully saturated rings. The number of carbonyl (C=O) groups is 1. The number of nitrogens with one attached hydrogen (secondary N) is 1. The average Bonchev–Trinajstić information content (AvgIpc) is 2.47. The number of amides is 1. The zero-order valence-corrected chi connectivity index (χ0v) is 15.2. The number of piperazine rings is 1. The van der Waals surface area contributed by atoms with Gasteiger partial charge in [0.2, 0.25) is 5.91 Å². The minimum atomic E-state index is -3.46. The minimum absolute atomic E-state index is 0.0883. The number of nitrogens with zero attached hydrogens (tertiary/aromatic N) is 1. The summed E-state index contributed by atoms with van der Waals surface area (Å²) in [6, 6.07) is 6.60. The molecule has 1 N–H and O–H groups in total. The van der Waals surface area contributed by atoms with E-state index in [0.717, 1.165) is 17.6 Å². The summed E-state index contributed by atoms with van der Waals surface area (Å²) in [6.07, 6.45) is 0. The Morgan fingerprint density at radius 3 is 2.64 bits per heavy atom. The molecule has 2 atom stereocenters. The van der Waals surface area contributed by atoms with Crippen LogP contribution in [-0.4, -0.2) is 50.7 Å². The summed E-state index contributed by atoms with van der Waals surface area (Å²) in [5, 5.41) is 3.22. The van der Waals surface area contributed by atoms with Gasteiger partial charge in [0, 0.05) is 36.1 Å². The third-order valence-corrected chi connectivity index (χ3v) is 6.31. The molecule has 122 valence electrons. The monoisotopic (exact) mass is 388 g/mol. The Hall–Kier alpha value is -0.920. The highest BCUT2D eigenvalue weighted by atomic mass is 79.9. The van der Waals surface area contributed by atoms with Crippen LogP contribution in [0.5, 0.6) is 0 Å².